The quantitative estimate of drug-likeness (QED) is 0.790. The van der Waals surface area contributed by atoms with Crippen molar-refractivity contribution < 1.29 is 9.94 Å². The third-order valence-electron chi connectivity index (χ3n) is 4.56. The zero-order valence-electron chi connectivity index (χ0n) is 14.3. The minimum atomic E-state index is -0.281. The molecule has 3 aromatic rings. The van der Waals surface area contributed by atoms with E-state index in [1.165, 1.54) is 4.57 Å². The highest BCUT2D eigenvalue weighted by molar-refractivity contribution is 6.07. The fourth-order valence-electron chi connectivity index (χ4n) is 3.17. The van der Waals surface area contributed by atoms with Crippen molar-refractivity contribution >= 4 is 22.7 Å². The Morgan fingerprint density at radius 1 is 1.15 bits per heavy atom. The summed E-state index contributed by atoms with van der Waals surface area (Å²) in [6, 6.07) is 17.1. The van der Waals surface area contributed by atoms with Gasteiger partial charge in [-0.2, -0.15) is 0 Å². The maximum absolute atomic E-state index is 12.7. The largest absolute Gasteiger partial charge is 0.506 e. The summed E-state index contributed by atoms with van der Waals surface area (Å²) in [6.45, 7) is 0. The highest BCUT2D eigenvalue weighted by Gasteiger charge is 2.26. The number of fused-ring (bicyclic) bond motifs is 1. The van der Waals surface area contributed by atoms with Gasteiger partial charge in [0.2, 0.25) is 0 Å². The number of aryl methyl sites for hydroxylation is 1. The number of oxime groups is 1. The Bertz CT molecular complexity index is 1080. The summed E-state index contributed by atoms with van der Waals surface area (Å²) in [5, 5.41) is 15.3. The number of hydrogen-bond donors (Lipinski definition) is 1. The first-order valence-electron chi connectivity index (χ1n) is 8.42. The van der Waals surface area contributed by atoms with Crippen LogP contribution in [0, 0.1) is 0 Å². The van der Waals surface area contributed by atoms with Crippen molar-refractivity contribution in [2.45, 2.75) is 12.5 Å². The molecule has 26 heavy (non-hydrogen) atoms. The molecule has 0 saturated heterocycles. The van der Waals surface area contributed by atoms with Gasteiger partial charge in [-0.05, 0) is 23.8 Å². The van der Waals surface area contributed by atoms with E-state index in [9.17, 15) is 9.90 Å². The van der Waals surface area contributed by atoms with Crippen LogP contribution < -0.4 is 5.56 Å². The third kappa shape index (κ3) is 2.77. The Labute approximate surface area is 150 Å². The van der Waals surface area contributed by atoms with Crippen molar-refractivity contribution in [3.8, 4) is 5.75 Å². The van der Waals surface area contributed by atoms with Gasteiger partial charge in [0.1, 0.15) is 17.0 Å². The fraction of sp³-hybridized carbons (Fsp3) is 0.143. The number of rotatable bonds is 3. The average Bonchev–Trinajstić information content (AvgIpc) is 3.14. The van der Waals surface area contributed by atoms with E-state index in [0.717, 1.165) is 5.56 Å². The van der Waals surface area contributed by atoms with E-state index in [1.54, 1.807) is 19.2 Å². The summed E-state index contributed by atoms with van der Waals surface area (Å²) < 4.78 is 1.53. The molecule has 5 nitrogen and oxygen atoms in total. The molecule has 1 aromatic heterocycles. The topological polar surface area (TPSA) is 63.8 Å². The van der Waals surface area contributed by atoms with Gasteiger partial charge in [0.25, 0.3) is 5.56 Å². The number of aromatic nitrogens is 1. The molecule has 0 radical (unpaired) electrons. The van der Waals surface area contributed by atoms with Crippen molar-refractivity contribution in [3.63, 3.8) is 0 Å². The molecule has 0 aliphatic carbocycles. The van der Waals surface area contributed by atoms with Crippen LogP contribution in [0.2, 0.25) is 0 Å². The van der Waals surface area contributed by atoms with Gasteiger partial charge >= 0.3 is 0 Å². The van der Waals surface area contributed by atoms with E-state index in [2.05, 4.69) is 5.16 Å². The first kappa shape index (κ1) is 16.1. The van der Waals surface area contributed by atoms with E-state index in [4.69, 9.17) is 4.84 Å². The van der Waals surface area contributed by atoms with Crippen LogP contribution in [-0.4, -0.2) is 21.5 Å². The average molecular weight is 346 g/mol. The molecular weight excluding hydrogens is 328 g/mol. The number of aromatic hydroxyl groups is 1. The van der Waals surface area contributed by atoms with Gasteiger partial charge in [0, 0.05) is 18.9 Å². The molecule has 0 bridgehead atoms. The molecular formula is C21H18N2O3. The lowest BCUT2D eigenvalue weighted by Crippen LogP contribution is -2.25. The third-order valence-corrected chi connectivity index (χ3v) is 4.56. The molecule has 0 amide bonds. The first-order chi connectivity index (χ1) is 12.6. The van der Waals surface area contributed by atoms with Gasteiger partial charge in [-0.3, -0.25) is 4.79 Å². The van der Waals surface area contributed by atoms with Gasteiger partial charge in [-0.25, -0.2) is 0 Å². The van der Waals surface area contributed by atoms with Gasteiger partial charge in [-0.1, -0.05) is 53.7 Å². The molecule has 0 saturated carbocycles. The van der Waals surface area contributed by atoms with Crippen LogP contribution in [-0.2, 0) is 11.9 Å². The fourth-order valence-corrected chi connectivity index (χ4v) is 3.17. The summed E-state index contributed by atoms with van der Waals surface area (Å²) >= 11 is 0. The van der Waals surface area contributed by atoms with E-state index < -0.39 is 0 Å². The molecule has 5 heteroatoms. The molecule has 1 aliphatic rings. The normalized spacial score (nSPS) is 16.8. The van der Waals surface area contributed by atoms with Crippen molar-refractivity contribution in [3.05, 3.63) is 82.2 Å². The molecule has 4 rings (SSSR count). The van der Waals surface area contributed by atoms with Gasteiger partial charge < -0.3 is 14.5 Å². The number of hydrogen-bond acceptors (Lipinski definition) is 4. The van der Waals surface area contributed by atoms with Crippen molar-refractivity contribution in [2.24, 2.45) is 12.2 Å². The van der Waals surface area contributed by atoms with E-state index in [0.29, 0.717) is 23.0 Å². The molecule has 1 N–H and O–H groups in total. The highest BCUT2D eigenvalue weighted by atomic mass is 16.6. The standard InChI is InChI=1S/C21H18N2O3/c1-23-18-10-6-5-9-16(18)20(24)19(21(23)25)17-13-15(26-22-17)12-11-14-7-3-2-4-8-14/h2-12,15,24H,13H2,1H3. The Kier molecular flexibility index (Phi) is 4.05. The van der Waals surface area contributed by atoms with E-state index in [1.807, 2.05) is 54.6 Å². The molecule has 130 valence electrons. The van der Waals surface area contributed by atoms with Gasteiger partial charge in [-0.15, -0.1) is 0 Å². The summed E-state index contributed by atoms with van der Waals surface area (Å²) in [5.41, 5.74) is 2.14. The predicted molar refractivity (Wildman–Crippen MR) is 102 cm³/mol. The second-order valence-corrected chi connectivity index (χ2v) is 6.26. The molecule has 1 aliphatic heterocycles. The maximum atomic E-state index is 12.7. The van der Waals surface area contributed by atoms with Crippen molar-refractivity contribution in [1.29, 1.82) is 0 Å². The van der Waals surface area contributed by atoms with Crippen LogP contribution in [0.5, 0.6) is 5.75 Å². The predicted octanol–water partition coefficient (Wildman–Crippen LogP) is 3.45. The minimum Gasteiger partial charge on any atom is -0.506 e. The van der Waals surface area contributed by atoms with Crippen LogP contribution >= 0.6 is 0 Å². The second-order valence-electron chi connectivity index (χ2n) is 6.26. The zero-order chi connectivity index (χ0) is 18.1. The van der Waals surface area contributed by atoms with Crippen LogP contribution in [0.3, 0.4) is 0 Å². The molecule has 2 aromatic carbocycles. The molecule has 0 spiro atoms. The lowest BCUT2D eigenvalue weighted by molar-refractivity contribution is 0.120. The summed E-state index contributed by atoms with van der Waals surface area (Å²) in [4.78, 5) is 18.2. The van der Waals surface area contributed by atoms with Crippen LogP contribution in [0.1, 0.15) is 17.5 Å². The monoisotopic (exact) mass is 346 g/mol. The highest BCUT2D eigenvalue weighted by Crippen LogP contribution is 2.29. The SMILES string of the molecule is Cn1c(=O)c(C2=NOC(C=Cc3ccccc3)C2)c(O)c2ccccc21. The number of pyridine rings is 1. The van der Waals surface area contributed by atoms with Crippen LogP contribution in [0.15, 0.2) is 70.6 Å². The number of para-hydroxylation sites is 1. The summed E-state index contributed by atoms with van der Waals surface area (Å²) in [6.07, 6.45) is 4.04. The molecule has 2 heterocycles. The summed E-state index contributed by atoms with van der Waals surface area (Å²) in [7, 11) is 1.69. The zero-order valence-corrected chi connectivity index (χ0v) is 14.3. The minimum absolute atomic E-state index is 0.0428. The van der Waals surface area contributed by atoms with E-state index in [-0.39, 0.29) is 23.0 Å². The first-order valence-corrected chi connectivity index (χ1v) is 8.42. The maximum Gasteiger partial charge on any atom is 0.263 e. The van der Waals surface area contributed by atoms with Crippen molar-refractivity contribution in [1.82, 2.24) is 4.57 Å². The Morgan fingerprint density at radius 3 is 2.69 bits per heavy atom. The summed E-state index contributed by atoms with van der Waals surface area (Å²) in [5.74, 6) is -0.0428. The van der Waals surface area contributed by atoms with Crippen LogP contribution in [0.4, 0.5) is 0 Å². The Balaban J connectivity index is 1.65. The molecule has 1 unspecified atom stereocenters. The molecule has 1 atom stereocenters. The lowest BCUT2D eigenvalue weighted by Gasteiger charge is -2.11. The second kappa shape index (κ2) is 6.52. The molecule has 0 fully saturated rings. The lowest BCUT2D eigenvalue weighted by atomic mass is 10.0. The van der Waals surface area contributed by atoms with Gasteiger partial charge in [0.15, 0.2) is 6.10 Å². The van der Waals surface area contributed by atoms with E-state index >= 15 is 0 Å². The van der Waals surface area contributed by atoms with Gasteiger partial charge in [0.05, 0.1) is 5.52 Å². The Hall–Kier alpha value is -3.34. The number of benzene rings is 2. The smallest absolute Gasteiger partial charge is 0.263 e. The van der Waals surface area contributed by atoms with Crippen molar-refractivity contribution in [2.75, 3.05) is 0 Å². The van der Waals surface area contributed by atoms with Crippen LogP contribution in [0.25, 0.3) is 17.0 Å². The Morgan fingerprint density at radius 2 is 1.88 bits per heavy atom. The number of nitrogens with zero attached hydrogens (tertiary/aromatic N) is 2.